The van der Waals surface area contributed by atoms with Crippen molar-refractivity contribution in [2.24, 2.45) is 5.92 Å². The molecular formula is C17H23NO4. The minimum Gasteiger partial charge on any atom is -0.481 e. The largest absolute Gasteiger partial charge is 0.481 e. The lowest BCUT2D eigenvalue weighted by Gasteiger charge is -2.20. The molecule has 5 nitrogen and oxygen atoms in total. The molecule has 1 atom stereocenters. The van der Waals surface area contributed by atoms with Crippen LogP contribution in [0.1, 0.15) is 41.6 Å². The van der Waals surface area contributed by atoms with Crippen molar-refractivity contribution in [1.82, 2.24) is 4.90 Å². The number of rotatable bonds is 5. The molecule has 0 spiro atoms. The summed E-state index contributed by atoms with van der Waals surface area (Å²) in [5, 5.41) is 8.89. The number of carbonyl (C=O) groups excluding carboxylic acids is 1. The maximum atomic E-state index is 12.5. The van der Waals surface area contributed by atoms with Crippen LogP contribution in [-0.4, -0.2) is 42.1 Å². The molecule has 0 aromatic heterocycles. The third-order valence-electron chi connectivity index (χ3n) is 4.11. The lowest BCUT2D eigenvalue weighted by Crippen LogP contribution is -2.32. The van der Waals surface area contributed by atoms with Gasteiger partial charge in [0.15, 0.2) is 0 Å². The van der Waals surface area contributed by atoms with Crippen molar-refractivity contribution in [3.63, 3.8) is 0 Å². The van der Waals surface area contributed by atoms with E-state index in [0.717, 1.165) is 24.8 Å². The van der Waals surface area contributed by atoms with E-state index in [1.807, 2.05) is 29.2 Å². The van der Waals surface area contributed by atoms with Crippen LogP contribution < -0.4 is 0 Å². The van der Waals surface area contributed by atoms with Gasteiger partial charge in [0.1, 0.15) is 0 Å². The van der Waals surface area contributed by atoms with Gasteiger partial charge >= 0.3 is 5.97 Å². The highest BCUT2D eigenvalue weighted by Gasteiger charge is 2.22. The summed E-state index contributed by atoms with van der Waals surface area (Å²) in [5.74, 6) is -0.544. The molecule has 1 heterocycles. The van der Waals surface area contributed by atoms with E-state index in [-0.39, 0.29) is 18.2 Å². The molecule has 2 rings (SSSR count). The number of carboxylic acid groups (broad SMARTS) is 1. The lowest BCUT2D eigenvalue weighted by molar-refractivity contribution is -0.138. The van der Waals surface area contributed by atoms with Crippen molar-refractivity contribution in [2.45, 2.75) is 32.3 Å². The molecule has 0 saturated carbocycles. The molecule has 0 radical (unpaired) electrons. The Labute approximate surface area is 130 Å². The number of amides is 1. The summed E-state index contributed by atoms with van der Waals surface area (Å²) in [6.07, 6.45) is 2.71. The molecular weight excluding hydrogens is 282 g/mol. The average Bonchev–Trinajstić information content (AvgIpc) is 2.73. The van der Waals surface area contributed by atoms with E-state index in [1.54, 1.807) is 7.11 Å². The van der Waals surface area contributed by atoms with Crippen LogP contribution in [0.2, 0.25) is 0 Å². The number of aliphatic carboxylic acids is 1. The first-order valence-corrected chi connectivity index (χ1v) is 7.69. The normalized spacial score (nSPS) is 18.8. The molecule has 0 bridgehead atoms. The highest BCUT2D eigenvalue weighted by atomic mass is 16.5. The molecule has 120 valence electrons. The van der Waals surface area contributed by atoms with E-state index in [2.05, 4.69) is 0 Å². The van der Waals surface area contributed by atoms with Gasteiger partial charge in [-0.1, -0.05) is 12.1 Å². The SMILES string of the molecule is COCc1ccc(C(=O)N2CCC[C@H](CC(=O)O)CC2)cc1. The van der Waals surface area contributed by atoms with Crippen molar-refractivity contribution in [3.05, 3.63) is 35.4 Å². The van der Waals surface area contributed by atoms with Gasteiger partial charge in [-0.25, -0.2) is 0 Å². The zero-order valence-corrected chi connectivity index (χ0v) is 13.0. The van der Waals surface area contributed by atoms with Gasteiger partial charge in [0.25, 0.3) is 5.91 Å². The van der Waals surface area contributed by atoms with Crippen molar-refractivity contribution in [1.29, 1.82) is 0 Å². The minimum atomic E-state index is -0.751. The number of methoxy groups -OCH3 is 1. The Morgan fingerprint density at radius 3 is 2.59 bits per heavy atom. The van der Waals surface area contributed by atoms with Gasteiger partial charge in [0, 0.05) is 32.2 Å². The Bertz CT molecular complexity index is 512. The number of nitrogens with zero attached hydrogens (tertiary/aromatic N) is 1. The number of carbonyl (C=O) groups is 2. The Hall–Kier alpha value is -1.88. The molecule has 1 aromatic carbocycles. The van der Waals surface area contributed by atoms with Gasteiger partial charge in [-0.15, -0.1) is 0 Å². The van der Waals surface area contributed by atoms with Crippen molar-refractivity contribution in [3.8, 4) is 0 Å². The number of benzene rings is 1. The first-order valence-electron chi connectivity index (χ1n) is 7.69. The Morgan fingerprint density at radius 2 is 1.95 bits per heavy atom. The summed E-state index contributed by atoms with van der Waals surface area (Å²) in [5.41, 5.74) is 1.72. The van der Waals surface area contributed by atoms with Gasteiger partial charge in [-0.3, -0.25) is 9.59 Å². The highest BCUT2D eigenvalue weighted by Crippen LogP contribution is 2.22. The van der Waals surface area contributed by atoms with Gasteiger partial charge in [0.05, 0.1) is 6.61 Å². The second-order valence-corrected chi connectivity index (χ2v) is 5.82. The summed E-state index contributed by atoms with van der Waals surface area (Å²) in [7, 11) is 1.64. The van der Waals surface area contributed by atoms with Crippen LogP contribution in [0, 0.1) is 5.92 Å². The molecule has 1 aliphatic rings. The van der Waals surface area contributed by atoms with E-state index in [0.29, 0.717) is 25.3 Å². The van der Waals surface area contributed by atoms with Crippen molar-refractivity contribution in [2.75, 3.05) is 20.2 Å². The van der Waals surface area contributed by atoms with Crippen LogP contribution in [0.3, 0.4) is 0 Å². The van der Waals surface area contributed by atoms with Crippen LogP contribution >= 0.6 is 0 Å². The van der Waals surface area contributed by atoms with Crippen LogP contribution in [0.4, 0.5) is 0 Å². The second kappa shape index (κ2) is 7.94. The van der Waals surface area contributed by atoms with E-state index in [4.69, 9.17) is 9.84 Å². The zero-order valence-electron chi connectivity index (χ0n) is 13.0. The van der Waals surface area contributed by atoms with Gasteiger partial charge in [-0.05, 0) is 42.9 Å². The second-order valence-electron chi connectivity index (χ2n) is 5.82. The molecule has 1 saturated heterocycles. The molecule has 1 amide bonds. The summed E-state index contributed by atoms with van der Waals surface area (Å²) in [6.45, 7) is 1.88. The third-order valence-corrected chi connectivity index (χ3v) is 4.11. The summed E-state index contributed by atoms with van der Waals surface area (Å²) in [6, 6.07) is 7.47. The number of likely N-dealkylation sites (tertiary alicyclic amines) is 1. The van der Waals surface area contributed by atoms with Crippen LogP contribution in [0.15, 0.2) is 24.3 Å². The molecule has 1 N–H and O–H groups in total. The Morgan fingerprint density at radius 1 is 1.23 bits per heavy atom. The fraction of sp³-hybridized carbons (Fsp3) is 0.529. The highest BCUT2D eigenvalue weighted by molar-refractivity contribution is 5.94. The maximum absolute atomic E-state index is 12.5. The first-order chi connectivity index (χ1) is 10.6. The molecule has 1 fully saturated rings. The zero-order chi connectivity index (χ0) is 15.9. The molecule has 5 heteroatoms. The minimum absolute atomic E-state index is 0.0277. The quantitative estimate of drug-likeness (QED) is 0.908. The summed E-state index contributed by atoms with van der Waals surface area (Å²) < 4.78 is 5.06. The van der Waals surface area contributed by atoms with Gasteiger partial charge in [-0.2, -0.15) is 0 Å². The first kappa shape index (κ1) is 16.5. The lowest BCUT2D eigenvalue weighted by atomic mass is 9.97. The number of hydrogen-bond donors (Lipinski definition) is 1. The van der Waals surface area contributed by atoms with E-state index in [1.165, 1.54) is 0 Å². The summed E-state index contributed by atoms with van der Waals surface area (Å²) >= 11 is 0. The molecule has 0 aliphatic carbocycles. The average molecular weight is 305 g/mol. The van der Waals surface area contributed by atoms with E-state index >= 15 is 0 Å². The fourth-order valence-corrected chi connectivity index (χ4v) is 2.91. The molecule has 1 aromatic rings. The van der Waals surface area contributed by atoms with Crippen molar-refractivity contribution < 1.29 is 19.4 Å². The molecule has 0 unspecified atom stereocenters. The predicted octanol–water partition coefficient (Wildman–Crippen LogP) is 2.55. The maximum Gasteiger partial charge on any atom is 0.303 e. The van der Waals surface area contributed by atoms with E-state index < -0.39 is 5.97 Å². The Balaban J connectivity index is 1.95. The van der Waals surface area contributed by atoms with Crippen molar-refractivity contribution >= 4 is 11.9 Å². The number of carboxylic acids is 1. The smallest absolute Gasteiger partial charge is 0.303 e. The van der Waals surface area contributed by atoms with Crippen LogP contribution in [0.5, 0.6) is 0 Å². The standard InChI is InChI=1S/C17H23NO4/c1-22-12-14-4-6-15(7-5-14)17(21)18-9-2-3-13(8-10-18)11-16(19)20/h4-7,13H,2-3,8-12H2,1H3,(H,19,20)/t13-/m0/s1. The number of ether oxygens (including phenoxy) is 1. The van der Waals surface area contributed by atoms with Crippen LogP contribution in [0.25, 0.3) is 0 Å². The van der Waals surface area contributed by atoms with Gasteiger partial charge < -0.3 is 14.7 Å². The Kier molecular flexibility index (Phi) is 5.95. The topological polar surface area (TPSA) is 66.8 Å². The monoisotopic (exact) mass is 305 g/mol. The molecule has 1 aliphatic heterocycles. The fourth-order valence-electron chi connectivity index (χ4n) is 2.91. The molecule has 22 heavy (non-hydrogen) atoms. The van der Waals surface area contributed by atoms with Crippen LogP contribution in [-0.2, 0) is 16.1 Å². The summed E-state index contributed by atoms with van der Waals surface area (Å²) in [4.78, 5) is 25.2. The third kappa shape index (κ3) is 4.56. The number of hydrogen-bond acceptors (Lipinski definition) is 3. The van der Waals surface area contributed by atoms with E-state index in [9.17, 15) is 9.59 Å². The predicted molar refractivity (Wildman–Crippen MR) is 82.7 cm³/mol. The van der Waals surface area contributed by atoms with Gasteiger partial charge in [0.2, 0.25) is 0 Å².